The topological polar surface area (TPSA) is 60.1 Å². The van der Waals surface area contributed by atoms with E-state index in [1.165, 1.54) is 11.1 Å². The maximum absolute atomic E-state index is 12.4. The highest BCUT2D eigenvalue weighted by molar-refractivity contribution is 5.97. The average Bonchev–Trinajstić information content (AvgIpc) is 3.31. The van der Waals surface area contributed by atoms with Gasteiger partial charge in [0.25, 0.3) is 5.91 Å². The maximum Gasteiger partial charge on any atom is 0.251 e. The van der Waals surface area contributed by atoms with Crippen molar-refractivity contribution in [1.82, 2.24) is 15.1 Å². The lowest BCUT2D eigenvalue weighted by molar-refractivity contribution is 0.0948. The number of fused-ring (bicyclic) bond motifs is 1. The van der Waals surface area contributed by atoms with Crippen molar-refractivity contribution in [1.29, 1.82) is 0 Å². The molecule has 0 radical (unpaired) electrons. The molecule has 2 heterocycles. The summed E-state index contributed by atoms with van der Waals surface area (Å²) in [6.45, 7) is 3.11. The van der Waals surface area contributed by atoms with Crippen molar-refractivity contribution < 1.29 is 9.21 Å². The molecule has 0 fully saturated rings. The Hall–Kier alpha value is -3.34. The van der Waals surface area contributed by atoms with Crippen LogP contribution in [0.25, 0.3) is 10.9 Å². The van der Waals surface area contributed by atoms with Crippen molar-refractivity contribution >= 4 is 16.8 Å². The summed E-state index contributed by atoms with van der Waals surface area (Å²) in [7, 11) is 0. The summed E-state index contributed by atoms with van der Waals surface area (Å²) in [5, 5.41) is 8.35. The van der Waals surface area contributed by atoms with Gasteiger partial charge in [-0.1, -0.05) is 35.9 Å². The number of aromatic nitrogens is 2. The summed E-state index contributed by atoms with van der Waals surface area (Å²) in [6.07, 6.45) is 3.42. The van der Waals surface area contributed by atoms with E-state index < -0.39 is 0 Å². The number of benzene rings is 2. The molecule has 130 valence electrons. The zero-order valence-electron chi connectivity index (χ0n) is 14.5. The molecule has 0 saturated carbocycles. The van der Waals surface area contributed by atoms with Gasteiger partial charge in [0, 0.05) is 10.9 Å². The molecule has 26 heavy (non-hydrogen) atoms. The first-order valence-electron chi connectivity index (χ1n) is 8.51. The van der Waals surface area contributed by atoms with Gasteiger partial charge in [-0.15, -0.1) is 0 Å². The highest BCUT2D eigenvalue weighted by Crippen LogP contribution is 2.18. The van der Waals surface area contributed by atoms with Crippen molar-refractivity contribution in [3.05, 3.63) is 89.5 Å². The lowest BCUT2D eigenvalue weighted by Gasteiger charge is -2.07. The van der Waals surface area contributed by atoms with Crippen LogP contribution in [0.1, 0.15) is 27.2 Å². The number of hydrogen-bond acceptors (Lipinski definition) is 3. The van der Waals surface area contributed by atoms with E-state index in [4.69, 9.17) is 4.42 Å². The highest BCUT2D eigenvalue weighted by atomic mass is 16.3. The second kappa shape index (κ2) is 6.88. The van der Waals surface area contributed by atoms with Crippen molar-refractivity contribution in [2.24, 2.45) is 0 Å². The van der Waals surface area contributed by atoms with Crippen LogP contribution in [-0.2, 0) is 13.1 Å². The van der Waals surface area contributed by atoms with Crippen LogP contribution >= 0.6 is 0 Å². The number of rotatable bonds is 5. The van der Waals surface area contributed by atoms with E-state index in [9.17, 15) is 4.79 Å². The van der Waals surface area contributed by atoms with Crippen molar-refractivity contribution in [3.8, 4) is 0 Å². The minimum Gasteiger partial charge on any atom is -0.467 e. The number of hydrogen-bond donors (Lipinski definition) is 1. The van der Waals surface area contributed by atoms with E-state index in [-0.39, 0.29) is 5.91 Å². The molecule has 0 atom stereocenters. The van der Waals surface area contributed by atoms with Gasteiger partial charge in [0.15, 0.2) is 0 Å². The largest absolute Gasteiger partial charge is 0.467 e. The monoisotopic (exact) mass is 345 g/mol. The standard InChI is InChI=1S/C21H19N3O2/c1-15-4-6-16(7-5-15)14-24-20-11-17(8-9-18(20)12-23-24)21(25)22-13-19-3-2-10-26-19/h2-12H,13-14H2,1H3,(H,22,25). The van der Waals surface area contributed by atoms with Crippen LogP contribution in [0.4, 0.5) is 0 Å². The molecule has 4 aromatic rings. The number of carbonyl (C=O) groups is 1. The number of amides is 1. The van der Waals surface area contributed by atoms with Gasteiger partial charge in [0.05, 0.1) is 31.1 Å². The Morgan fingerprint density at radius 1 is 1.15 bits per heavy atom. The van der Waals surface area contributed by atoms with Gasteiger partial charge in [-0.3, -0.25) is 9.48 Å². The van der Waals surface area contributed by atoms with Gasteiger partial charge in [-0.2, -0.15) is 5.10 Å². The Kier molecular flexibility index (Phi) is 4.27. The van der Waals surface area contributed by atoms with Crippen molar-refractivity contribution in [3.63, 3.8) is 0 Å². The summed E-state index contributed by atoms with van der Waals surface area (Å²) in [4.78, 5) is 12.4. The number of furan rings is 1. The zero-order valence-corrected chi connectivity index (χ0v) is 14.5. The molecule has 1 amide bonds. The lowest BCUT2D eigenvalue weighted by atomic mass is 10.1. The third-order valence-corrected chi connectivity index (χ3v) is 4.36. The third kappa shape index (κ3) is 3.37. The van der Waals surface area contributed by atoms with Crippen LogP contribution in [0, 0.1) is 6.92 Å². The van der Waals surface area contributed by atoms with Gasteiger partial charge in [0.1, 0.15) is 5.76 Å². The molecule has 4 rings (SSSR count). The Morgan fingerprint density at radius 3 is 2.77 bits per heavy atom. The molecule has 5 heteroatoms. The molecule has 1 N–H and O–H groups in total. The molecule has 0 bridgehead atoms. The fourth-order valence-corrected chi connectivity index (χ4v) is 2.89. The second-order valence-corrected chi connectivity index (χ2v) is 6.32. The maximum atomic E-state index is 12.4. The first kappa shape index (κ1) is 16.1. The molecular formula is C21H19N3O2. The minimum atomic E-state index is -0.133. The molecule has 0 aliphatic heterocycles. The van der Waals surface area contributed by atoms with Gasteiger partial charge in [0.2, 0.25) is 0 Å². The SMILES string of the molecule is Cc1ccc(Cn2ncc3ccc(C(=O)NCc4ccco4)cc32)cc1. The molecule has 2 aromatic carbocycles. The third-order valence-electron chi connectivity index (χ3n) is 4.36. The summed E-state index contributed by atoms with van der Waals surface area (Å²) in [6, 6.07) is 17.6. The zero-order chi connectivity index (χ0) is 17.9. The van der Waals surface area contributed by atoms with E-state index in [1.54, 1.807) is 12.3 Å². The Labute approximate surface area is 151 Å². The molecule has 0 unspecified atom stereocenters. The molecular weight excluding hydrogens is 326 g/mol. The number of aryl methyl sites for hydroxylation is 1. The van der Waals surface area contributed by atoms with Crippen LogP contribution in [0.15, 0.2) is 71.5 Å². The summed E-state index contributed by atoms with van der Waals surface area (Å²) in [5.74, 6) is 0.593. The van der Waals surface area contributed by atoms with Crippen LogP contribution in [0.5, 0.6) is 0 Å². The molecule has 0 spiro atoms. The first-order chi connectivity index (χ1) is 12.7. The molecule has 2 aromatic heterocycles. The quantitative estimate of drug-likeness (QED) is 0.596. The van der Waals surface area contributed by atoms with Crippen LogP contribution in [0.3, 0.4) is 0 Å². The van der Waals surface area contributed by atoms with Gasteiger partial charge < -0.3 is 9.73 Å². The summed E-state index contributed by atoms with van der Waals surface area (Å²) < 4.78 is 7.16. The van der Waals surface area contributed by atoms with Crippen molar-refractivity contribution in [2.75, 3.05) is 0 Å². The molecule has 0 aliphatic rings. The second-order valence-electron chi connectivity index (χ2n) is 6.32. The number of carbonyl (C=O) groups excluding carboxylic acids is 1. The first-order valence-corrected chi connectivity index (χ1v) is 8.51. The Balaban J connectivity index is 1.55. The van der Waals surface area contributed by atoms with E-state index in [0.717, 1.165) is 16.7 Å². The van der Waals surface area contributed by atoms with Gasteiger partial charge in [-0.05, 0) is 36.8 Å². The molecule has 0 aliphatic carbocycles. The van der Waals surface area contributed by atoms with E-state index >= 15 is 0 Å². The predicted octanol–water partition coefficient (Wildman–Crippen LogP) is 3.92. The molecule has 5 nitrogen and oxygen atoms in total. The normalized spacial score (nSPS) is 11.0. The predicted molar refractivity (Wildman–Crippen MR) is 99.9 cm³/mol. The van der Waals surface area contributed by atoms with E-state index in [2.05, 4.69) is 41.6 Å². The molecule has 0 saturated heterocycles. The van der Waals surface area contributed by atoms with Crippen LogP contribution < -0.4 is 5.32 Å². The fraction of sp³-hybridized carbons (Fsp3) is 0.143. The Morgan fingerprint density at radius 2 is 2.00 bits per heavy atom. The van der Waals surface area contributed by atoms with Gasteiger partial charge in [-0.25, -0.2) is 0 Å². The Bertz CT molecular complexity index is 1030. The van der Waals surface area contributed by atoms with Crippen LogP contribution in [-0.4, -0.2) is 15.7 Å². The highest BCUT2D eigenvalue weighted by Gasteiger charge is 2.10. The minimum absolute atomic E-state index is 0.133. The van der Waals surface area contributed by atoms with Gasteiger partial charge >= 0.3 is 0 Å². The lowest BCUT2D eigenvalue weighted by Crippen LogP contribution is -2.22. The number of nitrogens with zero attached hydrogens (tertiary/aromatic N) is 2. The fourth-order valence-electron chi connectivity index (χ4n) is 2.89. The summed E-state index contributed by atoms with van der Waals surface area (Å²) in [5.41, 5.74) is 3.95. The smallest absolute Gasteiger partial charge is 0.251 e. The van der Waals surface area contributed by atoms with E-state index in [1.807, 2.05) is 35.1 Å². The van der Waals surface area contributed by atoms with E-state index in [0.29, 0.717) is 18.7 Å². The average molecular weight is 345 g/mol. The number of nitrogens with one attached hydrogen (secondary N) is 1. The van der Waals surface area contributed by atoms with Crippen LogP contribution in [0.2, 0.25) is 0 Å². The summed E-state index contributed by atoms with van der Waals surface area (Å²) >= 11 is 0. The van der Waals surface area contributed by atoms with Crippen molar-refractivity contribution in [2.45, 2.75) is 20.0 Å².